The quantitative estimate of drug-likeness (QED) is 0.216. The Bertz CT molecular complexity index is 1880. The average molecular weight is 743 g/mol. The largest absolute Gasteiger partial charge is 0.508 e. The molecule has 2 aromatic carbocycles. The number of aromatic hydroxyl groups is 1. The van der Waals surface area contributed by atoms with Crippen LogP contribution in [0.5, 0.6) is 11.5 Å². The highest BCUT2D eigenvalue weighted by Gasteiger charge is 2.29. The summed E-state index contributed by atoms with van der Waals surface area (Å²) in [5, 5.41) is 17.8. The lowest BCUT2D eigenvalue weighted by Crippen LogP contribution is -2.40. The van der Waals surface area contributed by atoms with E-state index in [9.17, 15) is 23.5 Å². The van der Waals surface area contributed by atoms with Gasteiger partial charge in [-0.15, -0.1) is 0 Å². The maximum Gasteiger partial charge on any atom is 0.410 e. The van der Waals surface area contributed by atoms with E-state index in [1.54, 1.807) is 33.8 Å². The Labute approximate surface area is 307 Å². The molecule has 0 radical (unpaired) electrons. The minimum Gasteiger partial charge on any atom is -0.508 e. The van der Waals surface area contributed by atoms with Crippen molar-refractivity contribution in [3.63, 3.8) is 0 Å². The van der Waals surface area contributed by atoms with Crippen molar-refractivity contribution < 1.29 is 51.6 Å². The van der Waals surface area contributed by atoms with Crippen LogP contribution in [0.2, 0.25) is 0 Å². The van der Waals surface area contributed by atoms with Gasteiger partial charge in [-0.1, -0.05) is 0 Å². The number of aromatic nitrogens is 2. The number of amides is 2. The number of carbonyl (C=O) groups is 2. The van der Waals surface area contributed by atoms with Gasteiger partial charge >= 0.3 is 12.2 Å². The average Bonchev–Trinajstić information content (AvgIpc) is 3.69. The van der Waals surface area contributed by atoms with Gasteiger partial charge < -0.3 is 43.1 Å². The van der Waals surface area contributed by atoms with E-state index in [0.29, 0.717) is 54.3 Å². The number of aryl methyl sites for hydroxylation is 2. The van der Waals surface area contributed by atoms with E-state index in [2.05, 4.69) is 9.97 Å². The van der Waals surface area contributed by atoms with Crippen LogP contribution in [-0.4, -0.2) is 66.5 Å². The summed E-state index contributed by atoms with van der Waals surface area (Å²) in [6.07, 6.45) is 2.87. The molecule has 0 unspecified atom stereocenters. The monoisotopic (exact) mass is 742 g/mol. The van der Waals surface area contributed by atoms with Crippen molar-refractivity contribution in [2.75, 3.05) is 13.1 Å². The number of ether oxygens (including phenoxy) is 3. The Kier molecular flexibility index (Phi) is 13.1. The first-order valence-electron chi connectivity index (χ1n) is 17.1. The molecule has 2 amide bonds. The number of aliphatic hydroxyl groups is 1. The van der Waals surface area contributed by atoms with Gasteiger partial charge in [0.15, 0.2) is 24.3 Å². The van der Waals surface area contributed by atoms with Crippen molar-refractivity contribution >= 4 is 12.2 Å². The van der Waals surface area contributed by atoms with Gasteiger partial charge in [0, 0.05) is 36.3 Å². The molecule has 2 aliphatic rings. The summed E-state index contributed by atoms with van der Waals surface area (Å²) in [5.74, 6) is 0.636. The second-order valence-corrected chi connectivity index (χ2v) is 14.6. The smallest absolute Gasteiger partial charge is 0.410 e. The summed E-state index contributed by atoms with van der Waals surface area (Å²) in [4.78, 5) is 34.9. The number of aliphatic hydroxyl groups excluding tert-OH is 1. The first-order valence-corrected chi connectivity index (χ1v) is 17.1. The van der Waals surface area contributed by atoms with E-state index in [4.69, 9.17) is 28.2 Å². The normalized spacial score (nSPS) is 13.8. The minimum atomic E-state index is -0.577. The van der Waals surface area contributed by atoms with Gasteiger partial charge in [-0.05, 0) is 91.5 Å². The summed E-state index contributed by atoms with van der Waals surface area (Å²) in [5.41, 5.74) is 2.91. The zero-order valence-electron chi connectivity index (χ0n) is 31.4. The van der Waals surface area contributed by atoms with E-state index in [-0.39, 0.29) is 37.9 Å². The van der Waals surface area contributed by atoms with Crippen LogP contribution in [0.4, 0.5) is 18.4 Å². The Morgan fingerprint density at radius 2 is 1.25 bits per heavy atom. The number of phenolic OH excluding ortho intramolecular Hbond substituents is 1. The molecule has 0 atom stereocenters. The van der Waals surface area contributed by atoms with Gasteiger partial charge in [0.05, 0.1) is 24.5 Å². The van der Waals surface area contributed by atoms with E-state index in [0.717, 1.165) is 28.6 Å². The molecule has 4 aromatic rings. The molecule has 0 spiro atoms. The lowest BCUT2D eigenvalue weighted by Gasteiger charge is -2.31. The molecule has 13 nitrogen and oxygen atoms in total. The van der Waals surface area contributed by atoms with Crippen LogP contribution in [0.25, 0.3) is 0 Å². The zero-order valence-corrected chi connectivity index (χ0v) is 31.4. The highest BCUT2D eigenvalue weighted by atomic mass is 19.1. The molecule has 15 heteroatoms. The van der Waals surface area contributed by atoms with Crippen molar-refractivity contribution in [2.45, 2.75) is 106 Å². The van der Waals surface area contributed by atoms with Crippen molar-refractivity contribution in [1.82, 2.24) is 19.8 Å². The van der Waals surface area contributed by atoms with E-state index in [1.807, 2.05) is 33.8 Å². The number of benzene rings is 2. The molecule has 0 saturated heterocycles. The summed E-state index contributed by atoms with van der Waals surface area (Å²) in [6, 6.07) is 5.77. The highest BCUT2D eigenvalue weighted by molar-refractivity contribution is 5.69. The number of carbonyl (C=O) groups excluding carboxylic acids is 2. The van der Waals surface area contributed by atoms with E-state index < -0.39 is 29.2 Å². The van der Waals surface area contributed by atoms with Gasteiger partial charge in [-0.2, -0.15) is 0 Å². The van der Waals surface area contributed by atoms with Gasteiger partial charge in [0.2, 0.25) is 0 Å². The second kappa shape index (κ2) is 17.1. The van der Waals surface area contributed by atoms with Gasteiger partial charge in [-0.3, -0.25) is 0 Å². The Morgan fingerprint density at radius 3 is 1.68 bits per heavy atom. The van der Waals surface area contributed by atoms with E-state index >= 15 is 0 Å². The molecule has 4 heterocycles. The van der Waals surface area contributed by atoms with Crippen molar-refractivity contribution in [1.29, 1.82) is 0 Å². The predicted molar refractivity (Wildman–Crippen MR) is 188 cm³/mol. The summed E-state index contributed by atoms with van der Waals surface area (Å²) < 4.78 is 54.6. The number of fused-ring (bicyclic) bond motifs is 2. The number of phenols is 1. The van der Waals surface area contributed by atoms with Crippen LogP contribution in [0.15, 0.2) is 45.9 Å². The molecule has 2 N–H and O–H groups in total. The van der Waals surface area contributed by atoms with Gasteiger partial charge in [0.25, 0.3) is 0 Å². The van der Waals surface area contributed by atoms with E-state index in [1.165, 1.54) is 28.7 Å². The maximum absolute atomic E-state index is 14.6. The van der Waals surface area contributed by atoms with Crippen molar-refractivity contribution in [3.05, 3.63) is 93.8 Å². The molecule has 0 bridgehead atoms. The fourth-order valence-corrected chi connectivity index (χ4v) is 5.33. The number of nitrogens with zero attached hydrogens (tertiary/aromatic N) is 4. The molecule has 288 valence electrons. The third kappa shape index (κ3) is 11.7. The minimum absolute atomic E-state index is 0.0637. The third-order valence-corrected chi connectivity index (χ3v) is 8.04. The first kappa shape index (κ1) is 40.6. The number of hydrogen-bond acceptors (Lipinski definition) is 11. The van der Waals surface area contributed by atoms with Gasteiger partial charge in [0.1, 0.15) is 47.5 Å². The third-order valence-electron chi connectivity index (χ3n) is 8.04. The molecule has 6 rings (SSSR count). The second-order valence-electron chi connectivity index (χ2n) is 14.6. The van der Waals surface area contributed by atoms with Crippen molar-refractivity contribution in [2.24, 2.45) is 0 Å². The lowest BCUT2D eigenvalue weighted by atomic mass is 9.99. The van der Waals surface area contributed by atoms with Crippen molar-refractivity contribution in [3.8, 4) is 11.5 Å². The predicted octanol–water partition coefficient (Wildman–Crippen LogP) is 7.29. The molecule has 0 aliphatic carbocycles. The van der Waals surface area contributed by atoms with Gasteiger partial charge in [-0.25, -0.2) is 28.3 Å². The molecule has 0 fully saturated rings. The van der Waals surface area contributed by atoms with Crippen LogP contribution < -0.4 is 4.74 Å². The van der Waals surface area contributed by atoms with Crippen LogP contribution in [0, 0.1) is 25.5 Å². The zero-order chi connectivity index (χ0) is 39.1. The van der Waals surface area contributed by atoms with Crippen LogP contribution >= 0.6 is 0 Å². The molecule has 53 heavy (non-hydrogen) atoms. The Balaban J connectivity index is 0.000000202. The number of halogens is 2. The number of hydrogen-bond donors (Lipinski definition) is 2. The Morgan fingerprint density at radius 1 is 0.774 bits per heavy atom. The van der Waals surface area contributed by atoms with Crippen LogP contribution in [-0.2, 0) is 48.6 Å². The van der Waals surface area contributed by atoms with Crippen LogP contribution in [0.3, 0.4) is 0 Å². The number of rotatable bonds is 4. The topological polar surface area (TPSA) is 161 Å². The summed E-state index contributed by atoms with van der Waals surface area (Å²) in [6.45, 7) is 15.8. The molecular weight excluding hydrogens is 694 g/mol. The number of oxazole rings is 2. The first-order chi connectivity index (χ1) is 24.8. The summed E-state index contributed by atoms with van der Waals surface area (Å²) in [7, 11) is 0. The summed E-state index contributed by atoms with van der Waals surface area (Å²) >= 11 is 0. The SMILES string of the molecule is CC(C)(C)OC(=O)N1CCc2cc(O)cc(F)c2C1.Cc1ncoc1CO.Cc1ncoc1COc1cc(F)c2c(c1)CCN(C(=O)OC(C)(C)C)C2. The Hall–Kier alpha value is -5.18. The highest BCUT2D eigenvalue weighted by Crippen LogP contribution is 2.29. The fraction of sp³-hybridized carbons (Fsp3) is 0.474. The molecular formula is C38H48F2N4O9. The molecule has 2 aliphatic heterocycles. The molecule has 2 aromatic heterocycles. The maximum atomic E-state index is 14.6. The standard InChI is InChI=1S/C19H23FN2O4.C14H18FNO3.C5H7NO2/c1-12-17(25-11-21-12)10-24-14-7-13-5-6-22(9-15(13)16(20)8-14)18(23)26-19(2,3)4;1-14(2,3)19-13(18)16-5-4-9-6-10(17)7-12(15)11(9)8-16;1-4-5(2-7)8-3-6-4/h7-8,11H,5-6,9-10H2,1-4H3;6-7,17H,4-5,8H2,1-3H3;3,7H,2H2,1H3. The molecule has 0 saturated carbocycles. The van der Waals surface area contributed by atoms with Crippen LogP contribution in [0.1, 0.15) is 86.7 Å². The lowest BCUT2D eigenvalue weighted by molar-refractivity contribution is 0.0211. The fourth-order valence-electron chi connectivity index (χ4n) is 5.33.